The van der Waals surface area contributed by atoms with Crippen LogP contribution in [0, 0.1) is 5.82 Å². The van der Waals surface area contributed by atoms with Crippen molar-refractivity contribution in [3.8, 4) is 11.3 Å². The van der Waals surface area contributed by atoms with Crippen LogP contribution >= 0.6 is 0 Å². The summed E-state index contributed by atoms with van der Waals surface area (Å²) in [6.07, 6.45) is 1.80. The number of aromatic nitrogens is 2. The summed E-state index contributed by atoms with van der Waals surface area (Å²) < 4.78 is 14.4. The molecule has 4 heteroatoms. The van der Waals surface area contributed by atoms with Gasteiger partial charge in [-0.05, 0) is 24.3 Å². The summed E-state index contributed by atoms with van der Waals surface area (Å²) in [6, 6.07) is 6.11. The molecule has 0 unspecified atom stereocenters. The third kappa shape index (κ3) is 1.89. The van der Waals surface area contributed by atoms with Crippen molar-refractivity contribution in [3.63, 3.8) is 0 Å². The van der Waals surface area contributed by atoms with Gasteiger partial charge in [-0.15, -0.1) is 0 Å². The van der Waals surface area contributed by atoms with Gasteiger partial charge in [-0.2, -0.15) is 0 Å². The minimum atomic E-state index is -0.267. The van der Waals surface area contributed by atoms with E-state index in [1.165, 1.54) is 12.1 Å². The Labute approximate surface area is 86.8 Å². The largest absolute Gasteiger partial charge is 0.388 e. The van der Waals surface area contributed by atoms with Gasteiger partial charge in [0, 0.05) is 18.8 Å². The highest BCUT2D eigenvalue weighted by Crippen LogP contribution is 2.18. The van der Waals surface area contributed by atoms with E-state index in [-0.39, 0.29) is 12.4 Å². The van der Waals surface area contributed by atoms with Crippen molar-refractivity contribution in [2.24, 2.45) is 7.05 Å². The fraction of sp³-hybridized carbons (Fsp3) is 0.182. The number of aliphatic hydroxyl groups excluding tert-OH is 1. The SMILES string of the molecule is Cn1cc(-c2ccc(F)cc2)nc1CO. The smallest absolute Gasteiger partial charge is 0.134 e. The molecule has 1 N–H and O–H groups in total. The zero-order valence-electron chi connectivity index (χ0n) is 8.31. The number of rotatable bonds is 2. The number of benzene rings is 1. The molecule has 78 valence electrons. The number of hydrogen-bond donors (Lipinski definition) is 1. The van der Waals surface area contributed by atoms with Crippen molar-refractivity contribution < 1.29 is 9.50 Å². The molecule has 0 saturated carbocycles. The molecule has 0 fully saturated rings. The lowest BCUT2D eigenvalue weighted by Crippen LogP contribution is -1.94. The van der Waals surface area contributed by atoms with Crippen LogP contribution < -0.4 is 0 Å². The first-order valence-corrected chi connectivity index (χ1v) is 4.60. The van der Waals surface area contributed by atoms with E-state index in [4.69, 9.17) is 5.11 Å². The Morgan fingerprint density at radius 2 is 2.00 bits per heavy atom. The van der Waals surface area contributed by atoms with E-state index < -0.39 is 0 Å². The molecule has 0 spiro atoms. The molecular weight excluding hydrogens is 195 g/mol. The van der Waals surface area contributed by atoms with Crippen LogP contribution in [-0.4, -0.2) is 14.7 Å². The number of hydrogen-bond acceptors (Lipinski definition) is 2. The van der Waals surface area contributed by atoms with Crippen LogP contribution in [0.4, 0.5) is 4.39 Å². The van der Waals surface area contributed by atoms with Crippen molar-refractivity contribution in [2.75, 3.05) is 0 Å². The molecule has 1 aromatic heterocycles. The van der Waals surface area contributed by atoms with Crippen molar-refractivity contribution >= 4 is 0 Å². The normalized spacial score (nSPS) is 10.6. The summed E-state index contributed by atoms with van der Waals surface area (Å²) in [6.45, 7) is -0.0995. The van der Waals surface area contributed by atoms with Crippen LogP contribution in [-0.2, 0) is 13.7 Å². The number of nitrogens with zero attached hydrogens (tertiary/aromatic N) is 2. The third-order valence-corrected chi connectivity index (χ3v) is 2.25. The maximum absolute atomic E-state index is 12.7. The maximum atomic E-state index is 12.7. The standard InChI is InChI=1S/C11H11FN2O/c1-14-6-10(13-11(14)7-15)8-2-4-9(12)5-3-8/h2-6,15H,7H2,1H3. The molecule has 15 heavy (non-hydrogen) atoms. The van der Waals surface area contributed by atoms with Crippen LogP contribution in [0.15, 0.2) is 30.5 Å². The van der Waals surface area contributed by atoms with Gasteiger partial charge >= 0.3 is 0 Å². The molecule has 0 aliphatic carbocycles. The molecule has 2 aromatic rings. The highest BCUT2D eigenvalue weighted by Gasteiger charge is 2.05. The fourth-order valence-corrected chi connectivity index (χ4v) is 1.41. The van der Waals surface area contributed by atoms with Gasteiger partial charge in [0.25, 0.3) is 0 Å². The van der Waals surface area contributed by atoms with E-state index in [0.29, 0.717) is 5.82 Å². The summed E-state index contributed by atoms with van der Waals surface area (Å²) in [5, 5.41) is 8.98. The molecule has 0 amide bonds. The Morgan fingerprint density at radius 1 is 1.33 bits per heavy atom. The van der Waals surface area contributed by atoms with Gasteiger partial charge in [-0.25, -0.2) is 9.37 Å². The molecular formula is C11H11FN2O. The zero-order valence-corrected chi connectivity index (χ0v) is 8.31. The Kier molecular flexibility index (Phi) is 2.51. The molecule has 1 aromatic carbocycles. The van der Waals surface area contributed by atoms with Gasteiger partial charge in [0.05, 0.1) is 5.69 Å². The molecule has 0 saturated heterocycles. The Morgan fingerprint density at radius 3 is 2.53 bits per heavy atom. The molecule has 0 radical (unpaired) electrons. The van der Waals surface area contributed by atoms with Crippen LogP contribution in [0.3, 0.4) is 0 Å². The van der Waals surface area contributed by atoms with Crippen molar-refractivity contribution in [2.45, 2.75) is 6.61 Å². The lowest BCUT2D eigenvalue weighted by Gasteiger charge is -1.94. The van der Waals surface area contributed by atoms with Gasteiger partial charge < -0.3 is 9.67 Å². The van der Waals surface area contributed by atoms with Crippen LogP contribution in [0.2, 0.25) is 0 Å². The third-order valence-electron chi connectivity index (χ3n) is 2.25. The number of halogens is 1. The van der Waals surface area contributed by atoms with Crippen LogP contribution in [0.5, 0.6) is 0 Å². The topological polar surface area (TPSA) is 38.0 Å². The average Bonchev–Trinajstić information content (AvgIpc) is 2.61. The molecule has 2 rings (SSSR count). The van der Waals surface area contributed by atoms with E-state index in [2.05, 4.69) is 4.98 Å². The lowest BCUT2D eigenvalue weighted by molar-refractivity contribution is 0.267. The minimum absolute atomic E-state index is 0.0995. The first kappa shape index (κ1) is 9.86. The van der Waals surface area contributed by atoms with E-state index in [0.717, 1.165) is 11.3 Å². The molecule has 0 aliphatic rings. The minimum Gasteiger partial charge on any atom is -0.388 e. The average molecular weight is 206 g/mol. The van der Waals surface area contributed by atoms with Crippen LogP contribution in [0.25, 0.3) is 11.3 Å². The second-order valence-electron chi connectivity index (χ2n) is 3.32. The fourth-order valence-electron chi connectivity index (χ4n) is 1.41. The lowest BCUT2D eigenvalue weighted by atomic mass is 10.2. The Balaban J connectivity index is 2.41. The molecule has 3 nitrogen and oxygen atoms in total. The summed E-state index contributed by atoms with van der Waals surface area (Å²) in [4.78, 5) is 4.22. The van der Waals surface area contributed by atoms with Gasteiger partial charge in [-0.1, -0.05) is 0 Å². The summed E-state index contributed by atoms with van der Waals surface area (Å²) >= 11 is 0. The molecule has 1 heterocycles. The van der Waals surface area contributed by atoms with Gasteiger partial charge in [0.2, 0.25) is 0 Å². The number of aliphatic hydroxyl groups is 1. The highest BCUT2D eigenvalue weighted by molar-refractivity contribution is 5.58. The zero-order chi connectivity index (χ0) is 10.8. The van der Waals surface area contributed by atoms with Gasteiger partial charge in [-0.3, -0.25) is 0 Å². The summed E-state index contributed by atoms with van der Waals surface area (Å²) in [7, 11) is 1.81. The van der Waals surface area contributed by atoms with Gasteiger partial charge in [0.15, 0.2) is 0 Å². The molecule has 0 aliphatic heterocycles. The molecule has 0 bridgehead atoms. The predicted molar refractivity (Wildman–Crippen MR) is 54.5 cm³/mol. The number of imidazole rings is 1. The summed E-state index contributed by atoms with van der Waals surface area (Å²) in [5.74, 6) is 0.325. The monoisotopic (exact) mass is 206 g/mol. The van der Waals surface area contributed by atoms with E-state index in [1.807, 2.05) is 7.05 Å². The van der Waals surface area contributed by atoms with E-state index in [1.54, 1.807) is 22.9 Å². The van der Waals surface area contributed by atoms with Gasteiger partial charge in [0.1, 0.15) is 18.2 Å². The predicted octanol–water partition coefficient (Wildman–Crippen LogP) is 1.72. The molecule has 0 atom stereocenters. The van der Waals surface area contributed by atoms with Crippen molar-refractivity contribution in [1.29, 1.82) is 0 Å². The first-order valence-electron chi connectivity index (χ1n) is 4.60. The first-order chi connectivity index (χ1) is 7.20. The summed E-state index contributed by atoms with van der Waals surface area (Å²) in [5.41, 5.74) is 1.58. The van der Waals surface area contributed by atoms with Crippen molar-refractivity contribution in [3.05, 3.63) is 42.1 Å². The Bertz CT molecular complexity index is 462. The Hall–Kier alpha value is -1.68. The van der Waals surface area contributed by atoms with E-state index >= 15 is 0 Å². The van der Waals surface area contributed by atoms with E-state index in [9.17, 15) is 4.39 Å². The number of aryl methyl sites for hydroxylation is 1. The second-order valence-corrected chi connectivity index (χ2v) is 3.32. The maximum Gasteiger partial charge on any atom is 0.134 e. The van der Waals surface area contributed by atoms with Crippen LogP contribution in [0.1, 0.15) is 5.82 Å². The second kappa shape index (κ2) is 3.82. The quantitative estimate of drug-likeness (QED) is 0.812. The highest BCUT2D eigenvalue weighted by atomic mass is 19.1. The van der Waals surface area contributed by atoms with Crippen molar-refractivity contribution in [1.82, 2.24) is 9.55 Å².